The van der Waals surface area contributed by atoms with E-state index < -0.39 is 5.95 Å². The van der Waals surface area contributed by atoms with Gasteiger partial charge in [0, 0.05) is 11.8 Å². The number of nitrogens with zero attached hydrogens (tertiary/aromatic N) is 4. The van der Waals surface area contributed by atoms with Crippen LogP contribution in [-0.2, 0) is 11.2 Å². The highest BCUT2D eigenvalue weighted by Gasteiger charge is 2.16. The standard InChI is InChI=1S/C21H19FN4O/c1-14-20(24-25-26(14)19-7-4-12-23-21(19)22)17-9-8-15-5-3-6-18(27-2)11-10-16(15)13-17/h4,6-13H,3,5H2,1-2H3. The van der Waals surface area contributed by atoms with Crippen LogP contribution in [0.4, 0.5) is 4.39 Å². The second-order valence-corrected chi connectivity index (χ2v) is 6.34. The molecule has 0 atom stereocenters. The molecule has 0 aliphatic heterocycles. The van der Waals surface area contributed by atoms with Crippen molar-refractivity contribution in [2.75, 3.05) is 7.11 Å². The SMILES string of the molecule is COC1=CCCc2ccc(-c3nnn(-c4cccnc4F)c3C)cc2C=C1. The third-order valence-electron chi connectivity index (χ3n) is 4.70. The van der Waals surface area contributed by atoms with E-state index >= 15 is 0 Å². The second-order valence-electron chi connectivity index (χ2n) is 6.34. The normalized spacial score (nSPS) is 13.5. The van der Waals surface area contributed by atoms with Gasteiger partial charge in [-0.15, -0.1) is 5.10 Å². The molecule has 0 unspecified atom stereocenters. The Hall–Kier alpha value is -3.28. The van der Waals surface area contributed by atoms with E-state index in [9.17, 15) is 4.39 Å². The van der Waals surface area contributed by atoms with Gasteiger partial charge in [0.05, 0.1) is 12.8 Å². The summed E-state index contributed by atoms with van der Waals surface area (Å²) in [6, 6.07) is 9.55. The summed E-state index contributed by atoms with van der Waals surface area (Å²) in [7, 11) is 1.67. The van der Waals surface area contributed by atoms with Gasteiger partial charge in [-0.05, 0) is 61.2 Å². The average Bonchev–Trinajstić information content (AvgIpc) is 3.04. The molecule has 0 saturated carbocycles. The van der Waals surface area contributed by atoms with Gasteiger partial charge in [0.2, 0.25) is 5.95 Å². The van der Waals surface area contributed by atoms with Gasteiger partial charge in [0.1, 0.15) is 17.1 Å². The summed E-state index contributed by atoms with van der Waals surface area (Å²) < 4.78 is 20.8. The predicted octanol–water partition coefficient (Wildman–Crippen LogP) is 4.27. The molecule has 2 heterocycles. The van der Waals surface area contributed by atoms with E-state index in [-0.39, 0.29) is 5.69 Å². The summed E-state index contributed by atoms with van der Waals surface area (Å²) in [5.74, 6) is 0.289. The summed E-state index contributed by atoms with van der Waals surface area (Å²) >= 11 is 0. The van der Waals surface area contributed by atoms with E-state index in [2.05, 4.69) is 33.5 Å². The molecule has 5 nitrogen and oxygen atoms in total. The first-order valence-electron chi connectivity index (χ1n) is 8.76. The lowest BCUT2D eigenvalue weighted by atomic mass is 9.96. The molecule has 1 aromatic carbocycles. The molecule has 0 bridgehead atoms. The first-order chi connectivity index (χ1) is 13.2. The van der Waals surface area contributed by atoms with Gasteiger partial charge in [-0.25, -0.2) is 9.67 Å². The number of hydrogen-bond acceptors (Lipinski definition) is 4. The Balaban J connectivity index is 1.75. The Labute approximate surface area is 156 Å². The van der Waals surface area contributed by atoms with E-state index in [1.54, 1.807) is 19.2 Å². The molecular formula is C21H19FN4O. The first kappa shape index (κ1) is 17.1. The van der Waals surface area contributed by atoms with Crippen LogP contribution in [0.5, 0.6) is 0 Å². The van der Waals surface area contributed by atoms with Gasteiger partial charge in [-0.1, -0.05) is 23.4 Å². The quantitative estimate of drug-likeness (QED) is 0.653. The van der Waals surface area contributed by atoms with Crippen LogP contribution < -0.4 is 0 Å². The van der Waals surface area contributed by atoms with Crippen molar-refractivity contribution in [3.8, 4) is 16.9 Å². The Morgan fingerprint density at radius 1 is 1.19 bits per heavy atom. The first-order valence-corrected chi connectivity index (χ1v) is 8.76. The molecule has 4 rings (SSSR count). The van der Waals surface area contributed by atoms with Crippen LogP contribution >= 0.6 is 0 Å². The molecule has 0 N–H and O–H groups in total. The fraction of sp³-hybridized carbons (Fsp3) is 0.190. The molecule has 1 aliphatic carbocycles. The van der Waals surface area contributed by atoms with Crippen LogP contribution in [0.1, 0.15) is 23.2 Å². The predicted molar refractivity (Wildman–Crippen MR) is 102 cm³/mol. The van der Waals surface area contributed by atoms with E-state index in [4.69, 9.17) is 4.74 Å². The number of rotatable bonds is 3. The Kier molecular flexibility index (Phi) is 4.54. The van der Waals surface area contributed by atoms with Crippen LogP contribution in [0.25, 0.3) is 23.0 Å². The summed E-state index contributed by atoms with van der Waals surface area (Å²) in [6.07, 6.45) is 9.39. The van der Waals surface area contributed by atoms with Gasteiger partial charge in [-0.3, -0.25) is 0 Å². The zero-order chi connectivity index (χ0) is 18.8. The zero-order valence-electron chi connectivity index (χ0n) is 15.2. The minimum absolute atomic E-state index is 0.287. The van der Waals surface area contributed by atoms with Gasteiger partial charge in [0.15, 0.2) is 0 Å². The molecule has 0 amide bonds. The van der Waals surface area contributed by atoms with Crippen molar-refractivity contribution < 1.29 is 9.13 Å². The van der Waals surface area contributed by atoms with Gasteiger partial charge >= 0.3 is 0 Å². The van der Waals surface area contributed by atoms with Crippen LogP contribution in [0, 0.1) is 12.9 Å². The van der Waals surface area contributed by atoms with Crippen LogP contribution in [0.15, 0.2) is 54.4 Å². The summed E-state index contributed by atoms with van der Waals surface area (Å²) in [5, 5.41) is 8.42. The number of aromatic nitrogens is 4. The number of pyridine rings is 1. The number of ether oxygens (including phenoxy) is 1. The smallest absolute Gasteiger partial charge is 0.238 e. The Morgan fingerprint density at radius 2 is 2.07 bits per heavy atom. The lowest BCUT2D eigenvalue weighted by Gasteiger charge is -2.11. The van der Waals surface area contributed by atoms with Gasteiger partial charge < -0.3 is 4.74 Å². The number of halogens is 1. The molecule has 0 spiro atoms. The average molecular weight is 362 g/mol. The lowest BCUT2D eigenvalue weighted by molar-refractivity contribution is 0.305. The minimum atomic E-state index is -0.572. The minimum Gasteiger partial charge on any atom is -0.497 e. The number of aryl methyl sites for hydroxylation is 1. The monoisotopic (exact) mass is 362 g/mol. The van der Waals surface area contributed by atoms with Crippen molar-refractivity contribution in [3.05, 3.63) is 77.2 Å². The van der Waals surface area contributed by atoms with Crippen molar-refractivity contribution in [1.29, 1.82) is 0 Å². The van der Waals surface area contributed by atoms with Crippen molar-refractivity contribution in [2.24, 2.45) is 0 Å². The van der Waals surface area contributed by atoms with Crippen LogP contribution in [-0.4, -0.2) is 27.1 Å². The Bertz CT molecular complexity index is 1050. The maximum Gasteiger partial charge on any atom is 0.238 e. The van der Waals surface area contributed by atoms with E-state index in [0.717, 1.165) is 41.1 Å². The summed E-state index contributed by atoms with van der Waals surface area (Å²) in [4.78, 5) is 3.69. The summed E-state index contributed by atoms with van der Waals surface area (Å²) in [5.41, 5.74) is 5.10. The number of allylic oxidation sites excluding steroid dienone is 2. The van der Waals surface area contributed by atoms with Gasteiger partial charge in [-0.2, -0.15) is 4.39 Å². The van der Waals surface area contributed by atoms with Crippen molar-refractivity contribution >= 4 is 6.08 Å². The van der Waals surface area contributed by atoms with E-state index in [1.165, 1.54) is 16.4 Å². The van der Waals surface area contributed by atoms with Crippen LogP contribution in [0.3, 0.4) is 0 Å². The van der Waals surface area contributed by atoms with Crippen molar-refractivity contribution in [3.63, 3.8) is 0 Å². The third kappa shape index (κ3) is 3.26. The molecule has 0 fully saturated rings. The molecule has 3 aromatic rings. The maximum absolute atomic E-state index is 14.0. The molecule has 6 heteroatoms. The largest absolute Gasteiger partial charge is 0.497 e. The lowest BCUT2D eigenvalue weighted by Crippen LogP contribution is -2.03. The molecule has 1 aliphatic rings. The maximum atomic E-state index is 14.0. The molecule has 27 heavy (non-hydrogen) atoms. The van der Waals surface area contributed by atoms with Crippen molar-refractivity contribution in [2.45, 2.75) is 19.8 Å². The zero-order valence-corrected chi connectivity index (χ0v) is 15.2. The number of methoxy groups -OCH3 is 1. The third-order valence-corrected chi connectivity index (χ3v) is 4.70. The molecule has 0 saturated heterocycles. The molecule has 2 aromatic heterocycles. The van der Waals surface area contributed by atoms with Crippen molar-refractivity contribution in [1.82, 2.24) is 20.0 Å². The van der Waals surface area contributed by atoms with E-state index in [1.807, 2.05) is 25.1 Å². The number of hydrogen-bond donors (Lipinski definition) is 0. The number of benzene rings is 1. The molecular weight excluding hydrogens is 343 g/mol. The number of fused-ring (bicyclic) bond motifs is 1. The summed E-state index contributed by atoms with van der Waals surface area (Å²) in [6.45, 7) is 1.88. The molecule has 0 radical (unpaired) electrons. The topological polar surface area (TPSA) is 52.8 Å². The highest BCUT2D eigenvalue weighted by molar-refractivity contribution is 5.69. The van der Waals surface area contributed by atoms with Crippen LogP contribution in [0.2, 0.25) is 0 Å². The fourth-order valence-corrected chi connectivity index (χ4v) is 3.25. The Morgan fingerprint density at radius 3 is 2.89 bits per heavy atom. The highest BCUT2D eigenvalue weighted by atomic mass is 19.1. The second kappa shape index (κ2) is 7.15. The molecule has 136 valence electrons. The van der Waals surface area contributed by atoms with E-state index in [0.29, 0.717) is 0 Å². The van der Waals surface area contributed by atoms with Gasteiger partial charge in [0.25, 0.3) is 0 Å². The highest BCUT2D eigenvalue weighted by Crippen LogP contribution is 2.28. The fourth-order valence-electron chi connectivity index (χ4n) is 3.25.